The molecule has 1 unspecified atom stereocenters. The molecule has 2 N–H and O–H groups in total. The van der Waals surface area contributed by atoms with Crippen LogP contribution in [0.4, 0.5) is 4.79 Å². The number of hydrogen-bond donors (Lipinski definition) is 2. The third-order valence-corrected chi connectivity index (χ3v) is 11.4. The van der Waals surface area contributed by atoms with Crippen LogP contribution in [0.5, 0.6) is 0 Å². The van der Waals surface area contributed by atoms with Crippen LogP contribution in [0.1, 0.15) is 42.9 Å². The smallest absolute Gasteiger partial charge is 0.407 e. The number of methoxy groups -OCH3 is 1. The van der Waals surface area contributed by atoms with Crippen molar-refractivity contribution in [1.82, 2.24) is 15.5 Å². The Hall–Kier alpha value is -3.38. The molecule has 1 aliphatic carbocycles. The van der Waals surface area contributed by atoms with Crippen LogP contribution in [-0.2, 0) is 30.4 Å². The second-order valence-corrected chi connectivity index (χ2v) is 15.4. The number of carbonyl (C=O) groups excluding carboxylic acids is 4. The number of halogens is 2. The summed E-state index contributed by atoms with van der Waals surface area (Å²) in [5.74, 6) is -1.35. The van der Waals surface area contributed by atoms with E-state index in [0.717, 1.165) is 22.3 Å². The quantitative estimate of drug-likeness (QED) is 0.195. The molecular weight excluding hydrogens is 693 g/mol. The molecule has 2 aliphatic rings. The van der Waals surface area contributed by atoms with Crippen LogP contribution in [0.25, 0.3) is 11.1 Å². The minimum atomic E-state index is -1.04. The molecule has 3 aromatic rings. The predicted molar refractivity (Wildman–Crippen MR) is 191 cm³/mol. The molecule has 0 bridgehead atoms. The standard InChI is InChI=1S/C35H37Cl2N3O6S2/c1-20(2)14-31-32(41)38-30(34(43)45-3)19-48-47-18-29(33(42)40(31)16-21-12-13-27(36)28(37)15-21)39-35(44)46-17-26-24-10-6-4-8-22(24)23-9-5-7-11-25(23)26/h4-13,15,20,26,29-31H,14,16-19H2,1-3H3,(H,38,41)(H,39,44)/t29-,30-,31?/m0/s1. The Morgan fingerprint density at radius 2 is 1.60 bits per heavy atom. The average Bonchev–Trinajstić information content (AvgIpc) is 3.39. The van der Waals surface area contributed by atoms with Gasteiger partial charge in [0, 0.05) is 24.0 Å². The van der Waals surface area contributed by atoms with Crippen molar-refractivity contribution in [3.63, 3.8) is 0 Å². The van der Waals surface area contributed by atoms with Crippen molar-refractivity contribution in [2.45, 2.75) is 50.9 Å². The third kappa shape index (κ3) is 8.42. The maximum atomic E-state index is 14.5. The van der Waals surface area contributed by atoms with Crippen LogP contribution < -0.4 is 10.6 Å². The van der Waals surface area contributed by atoms with Crippen LogP contribution in [-0.4, -0.2) is 72.1 Å². The summed E-state index contributed by atoms with van der Waals surface area (Å²) in [4.78, 5) is 55.8. The molecular formula is C35H37Cl2N3O6S2. The Morgan fingerprint density at radius 3 is 2.23 bits per heavy atom. The number of nitrogens with one attached hydrogen (secondary N) is 2. The molecule has 1 aliphatic heterocycles. The topological polar surface area (TPSA) is 114 Å². The van der Waals surface area contributed by atoms with E-state index >= 15 is 0 Å². The fourth-order valence-corrected chi connectivity index (χ4v) is 8.59. The fourth-order valence-electron chi connectivity index (χ4n) is 5.97. The summed E-state index contributed by atoms with van der Waals surface area (Å²) in [7, 11) is 3.86. The van der Waals surface area contributed by atoms with Gasteiger partial charge in [-0.25, -0.2) is 9.59 Å². The molecule has 1 saturated heterocycles. The van der Waals surface area contributed by atoms with Crippen molar-refractivity contribution in [1.29, 1.82) is 0 Å². The largest absolute Gasteiger partial charge is 0.467 e. The number of carbonyl (C=O) groups is 4. The lowest BCUT2D eigenvalue weighted by molar-refractivity contribution is -0.147. The van der Waals surface area contributed by atoms with Crippen LogP contribution in [0.15, 0.2) is 66.7 Å². The van der Waals surface area contributed by atoms with Crippen LogP contribution in [0.3, 0.4) is 0 Å². The molecule has 0 spiro atoms. The molecule has 3 amide bonds. The number of amides is 3. The van der Waals surface area contributed by atoms with E-state index in [2.05, 4.69) is 22.8 Å². The second-order valence-electron chi connectivity index (χ2n) is 12.0. The first kappa shape index (κ1) is 35.9. The van der Waals surface area contributed by atoms with E-state index in [1.165, 1.54) is 33.6 Å². The molecule has 1 fully saturated rings. The monoisotopic (exact) mass is 729 g/mol. The summed E-state index contributed by atoms with van der Waals surface area (Å²) >= 11 is 12.5. The van der Waals surface area contributed by atoms with Gasteiger partial charge in [0.1, 0.15) is 24.7 Å². The van der Waals surface area contributed by atoms with Gasteiger partial charge in [0.25, 0.3) is 0 Å². The van der Waals surface area contributed by atoms with Gasteiger partial charge in [-0.2, -0.15) is 0 Å². The molecule has 48 heavy (non-hydrogen) atoms. The number of ether oxygens (including phenoxy) is 2. The summed E-state index contributed by atoms with van der Waals surface area (Å²) in [5, 5.41) is 6.24. The van der Waals surface area contributed by atoms with Gasteiger partial charge in [-0.1, -0.05) is 113 Å². The Balaban J connectivity index is 1.41. The minimum Gasteiger partial charge on any atom is -0.467 e. The summed E-state index contributed by atoms with van der Waals surface area (Å²) in [6.07, 6.45) is -0.451. The predicted octanol–water partition coefficient (Wildman–Crippen LogP) is 6.70. The number of benzene rings is 3. The molecule has 3 aromatic carbocycles. The Bertz CT molecular complexity index is 1630. The SMILES string of the molecule is COC(=O)[C@@H]1CSSC[C@H](NC(=O)OCC2c3ccccc3-c3ccccc32)C(=O)N(Cc2ccc(Cl)c(Cl)c2)C(CC(C)C)C(=O)N1. The van der Waals surface area contributed by atoms with Crippen molar-refractivity contribution in [2.75, 3.05) is 25.2 Å². The van der Waals surface area contributed by atoms with Crippen LogP contribution in [0, 0.1) is 5.92 Å². The minimum absolute atomic E-state index is 0.00357. The van der Waals surface area contributed by atoms with E-state index in [1.807, 2.05) is 50.2 Å². The number of nitrogens with zero attached hydrogens (tertiary/aromatic N) is 1. The lowest BCUT2D eigenvalue weighted by Gasteiger charge is -2.35. The lowest BCUT2D eigenvalue weighted by Crippen LogP contribution is -2.58. The first-order valence-electron chi connectivity index (χ1n) is 15.6. The lowest BCUT2D eigenvalue weighted by atomic mass is 9.98. The van der Waals surface area contributed by atoms with Crippen LogP contribution >= 0.6 is 44.8 Å². The fraction of sp³-hybridized carbons (Fsp3) is 0.371. The number of rotatable bonds is 8. The summed E-state index contributed by atoms with van der Waals surface area (Å²) < 4.78 is 10.7. The number of hydrogen-bond acceptors (Lipinski definition) is 8. The van der Waals surface area contributed by atoms with Crippen molar-refractivity contribution < 1.29 is 28.7 Å². The average molecular weight is 731 g/mol. The van der Waals surface area contributed by atoms with Crippen molar-refractivity contribution in [2.24, 2.45) is 5.92 Å². The number of esters is 1. The second kappa shape index (κ2) is 16.3. The summed E-state index contributed by atoms with van der Waals surface area (Å²) in [6.45, 7) is 3.96. The van der Waals surface area contributed by atoms with E-state index in [0.29, 0.717) is 22.0 Å². The molecule has 0 saturated carbocycles. The Morgan fingerprint density at radius 1 is 0.958 bits per heavy atom. The molecule has 13 heteroatoms. The zero-order valence-corrected chi connectivity index (χ0v) is 29.9. The van der Waals surface area contributed by atoms with Gasteiger partial charge in [-0.05, 0) is 52.3 Å². The van der Waals surface area contributed by atoms with Gasteiger partial charge in [-0.15, -0.1) is 0 Å². The van der Waals surface area contributed by atoms with E-state index in [9.17, 15) is 19.2 Å². The third-order valence-electron chi connectivity index (χ3n) is 8.28. The molecule has 0 radical (unpaired) electrons. The maximum absolute atomic E-state index is 14.5. The molecule has 3 atom stereocenters. The van der Waals surface area contributed by atoms with E-state index in [-0.39, 0.29) is 36.5 Å². The van der Waals surface area contributed by atoms with Gasteiger partial charge in [0.2, 0.25) is 11.8 Å². The molecule has 1 heterocycles. The van der Waals surface area contributed by atoms with E-state index in [4.69, 9.17) is 32.7 Å². The summed E-state index contributed by atoms with van der Waals surface area (Å²) in [6, 6.07) is 18.1. The van der Waals surface area contributed by atoms with Gasteiger partial charge < -0.3 is 25.0 Å². The molecule has 9 nitrogen and oxygen atoms in total. The highest BCUT2D eigenvalue weighted by atomic mass is 35.5. The zero-order valence-electron chi connectivity index (χ0n) is 26.7. The molecule has 254 valence electrons. The van der Waals surface area contributed by atoms with Gasteiger partial charge in [-0.3, -0.25) is 9.59 Å². The highest BCUT2D eigenvalue weighted by molar-refractivity contribution is 8.76. The molecule has 0 aromatic heterocycles. The van der Waals surface area contributed by atoms with Gasteiger partial charge in [0.05, 0.1) is 17.2 Å². The summed E-state index contributed by atoms with van der Waals surface area (Å²) in [5.41, 5.74) is 4.99. The van der Waals surface area contributed by atoms with Crippen molar-refractivity contribution in [3.05, 3.63) is 93.5 Å². The van der Waals surface area contributed by atoms with Gasteiger partial charge in [0.15, 0.2) is 0 Å². The zero-order chi connectivity index (χ0) is 34.4. The molecule has 5 rings (SSSR count). The first-order chi connectivity index (χ1) is 23.1. The van der Waals surface area contributed by atoms with Crippen molar-refractivity contribution >= 4 is 68.7 Å². The van der Waals surface area contributed by atoms with Crippen molar-refractivity contribution in [3.8, 4) is 11.1 Å². The van der Waals surface area contributed by atoms with Gasteiger partial charge >= 0.3 is 12.1 Å². The van der Waals surface area contributed by atoms with E-state index < -0.39 is 42.0 Å². The number of fused-ring (bicyclic) bond motifs is 3. The van der Waals surface area contributed by atoms with E-state index in [1.54, 1.807) is 18.2 Å². The Labute approximate surface area is 298 Å². The Kier molecular flexibility index (Phi) is 12.2. The number of alkyl carbamates (subject to hydrolysis) is 1. The highest BCUT2D eigenvalue weighted by Gasteiger charge is 2.38. The highest BCUT2D eigenvalue weighted by Crippen LogP contribution is 2.44. The maximum Gasteiger partial charge on any atom is 0.407 e. The first-order valence-corrected chi connectivity index (χ1v) is 18.8. The normalized spacial score (nSPS) is 20.0. The van der Waals surface area contributed by atoms with Crippen LogP contribution in [0.2, 0.25) is 10.0 Å².